The van der Waals surface area contributed by atoms with Gasteiger partial charge in [0, 0.05) is 36.3 Å². The monoisotopic (exact) mass is 370 g/mol. The molecule has 0 radical (unpaired) electrons. The summed E-state index contributed by atoms with van der Waals surface area (Å²) in [6, 6.07) is 3.68. The zero-order chi connectivity index (χ0) is 15.3. The second-order valence-electron chi connectivity index (χ2n) is 4.29. The molecule has 2 heterocycles. The van der Waals surface area contributed by atoms with Crippen LogP contribution in [0.4, 0.5) is 0 Å². The van der Waals surface area contributed by atoms with Gasteiger partial charge in [-0.3, -0.25) is 0 Å². The van der Waals surface area contributed by atoms with Crippen molar-refractivity contribution in [1.29, 1.82) is 0 Å². The number of nitrogens with zero attached hydrogens (tertiary/aromatic N) is 4. The number of aromatic nitrogens is 4. The van der Waals surface area contributed by atoms with E-state index in [4.69, 9.17) is 0 Å². The van der Waals surface area contributed by atoms with Crippen LogP contribution in [0.3, 0.4) is 0 Å². The van der Waals surface area contributed by atoms with E-state index in [1.807, 2.05) is 33.7 Å². The van der Waals surface area contributed by atoms with Crippen molar-refractivity contribution in [2.45, 2.75) is 36.0 Å². The summed E-state index contributed by atoms with van der Waals surface area (Å²) in [6.07, 6.45) is 12.2. The molecular formula is C14H18N4S4. The molecule has 2 rings (SSSR count). The molecule has 2 aromatic rings. The molecule has 22 heavy (non-hydrogen) atoms. The second-order valence-corrected chi connectivity index (χ2v) is 9.05. The molecule has 0 spiro atoms. The zero-order valence-electron chi connectivity index (χ0n) is 12.1. The first-order valence-electron chi connectivity index (χ1n) is 7.08. The van der Waals surface area contributed by atoms with Crippen LogP contribution >= 0.6 is 43.2 Å². The zero-order valence-corrected chi connectivity index (χ0v) is 15.4. The highest BCUT2D eigenvalue weighted by Crippen LogP contribution is 2.30. The molecule has 0 N–H and O–H groups in total. The molecule has 4 nitrogen and oxygen atoms in total. The van der Waals surface area contributed by atoms with E-state index in [1.165, 1.54) is 25.7 Å². The van der Waals surface area contributed by atoms with Crippen LogP contribution in [0.15, 0.2) is 47.2 Å². The molecule has 118 valence electrons. The van der Waals surface area contributed by atoms with Crippen LogP contribution in [0.2, 0.25) is 0 Å². The quantitative estimate of drug-likeness (QED) is 0.311. The Labute approximate surface area is 147 Å². The summed E-state index contributed by atoms with van der Waals surface area (Å²) in [5.41, 5.74) is 0. The van der Waals surface area contributed by atoms with Gasteiger partial charge in [-0.15, -0.1) is 0 Å². The van der Waals surface area contributed by atoms with Crippen molar-refractivity contribution < 1.29 is 0 Å². The first-order valence-corrected chi connectivity index (χ1v) is 11.7. The van der Waals surface area contributed by atoms with Gasteiger partial charge in [0.25, 0.3) is 0 Å². The van der Waals surface area contributed by atoms with Gasteiger partial charge in [-0.05, 0) is 46.6 Å². The fraction of sp³-hybridized carbons (Fsp3) is 0.429. The molecule has 0 aliphatic heterocycles. The molecule has 8 heteroatoms. The van der Waals surface area contributed by atoms with Crippen molar-refractivity contribution in [1.82, 2.24) is 19.9 Å². The van der Waals surface area contributed by atoms with Gasteiger partial charge in [-0.1, -0.05) is 34.4 Å². The molecule has 2 aromatic heterocycles. The molecule has 0 atom stereocenters. The molecule has 0 aromatic carbocycles. The Balaban J connectivity index is 1.37. The van der Waals surface area contributed by atoms with Crippen LogP contribution in [0.5, 0.6) is 0 Å². The summed E-state index contributed by atoms with van der Waals surface area (Å²) in [5, 5.41) is 1.70. The van der Waals surface area contributed by atoms with Gasteiger partial charge < -0.3 is 0 Å². The average molecular weight is 371 g/mol. The highest BCUT2D eigenvalue weighted by molar-refractivity contribution is 8.76. The Hall–Kier alpha value is -0.440. The molecule has 0 amide bonds. The lowest BCUT2D eigenvalue weighted by molar-refractivity contribution is 0.712. The Morgan fingerprint density at radius 2 is 1.00 bits per heavy atom. The first kappa shape index (κ1) is 17.9. The van der Waals surface area contributed by atoms with Crippen LogP contribution in [-0.4, -0.2) is 31.4 Å². The van der Waals surface area contributed by atoms with Gasteiger partial charge in [-0.25, -0.2) is 19.9 Å². The van der Waals surface area contributed by atoms with Gasteiger partial charge >= 0.3 is 0 Å². The minimum absolute atomic E-state index is 0.851. The predicted molar refractivity (Wildman–Crippen MR) is 99.2 cm³/mol. The lowest BCUT2D eigenvalue weighted by Crippen LogP contribution is -1.84. The normalized spacial score (nSPS) is 10.7. The van der Waals surface area contributed by atoms with Gasteiger partial charge in [0.2, 0.25) is 0 Å². The van der Waals surface area contributed by atoms with Gasteiger partial charge in [0.15, 0.2) is 10.3 Å². The molecule has 0 aliphatic carbocycles. The summed E-state index contributed by atoms with van der Waals surface area (Å²) >= 11 is 0. The lowest BCUT2D eigenvalue weighted by atomic mass is 10.2. The molecule has 0 aliphatic rings. The van der Waals surface area contributed by atoms with Crippen molar-refractivity contribution in [3.8, 4) is 0 Å². The highest BCUT2D eigenvalue weighted by Gasteiger charge is 1.98. The third-order valence-corrected chi connectivity index (χ3v) is 7.02. The van der Waals surface area contributed by atoms with E-state index in [9.17, 15) is 0 Å². The van der Waals surface area contributed by atoms with Gasteiger partial charge in [0.05, 0.1) is 0 Å². The minimum atomic E-state index is 0.851. The fourth-order valence-electron chi connectivity index (χ4n) is 1.52. The van der Waals surface area contributed by atoms with Crippen molar-refractivity contribution >= 4 is 43.2 Å². The standard InChI is InChI=1S/C14H18N4S4/c1(3-11-19-21-13-15-7-5-8-16-13)2-4-12-20-22-14-17-9-6-10-18-14/h5-10H,1-4,11-12H2. The van der Waals surface area contributed by atoms with Gasteiger partial charge in [0.1, 0.15) is 0 Å². The third-order valence-electron chi connectivity index (χ3n) is 2.56. The SMILES string of the molecule is c1cnc(SSCCCCCCSSc2ncccn2)nc1. The van der Waals surface area contributed by atoms with Crippen LogP contribution < -0.4 is 0 Å². The van der Waals surface area contributed by atoms with Crippen molar-refractivity contribution in [2.75, 3.05) is 11.5 Å². The van der Waals surface area contributed by atoms with Gasteiger partial charge in [-0.2, -0.15) is 0 Å². The van der Waals surface area contributed by atoms with Crippen molar-refractivity contribution in [2.24, 2.45) is 0 Å². The van der Waals surface area contributed by atoms with Crippen LogP contribution in [0, 0.1) is 0 Å². The average Bonchev–Trinajstić information content (AvgIpc) is 2.58. The van der Waals surface area contributed by atoms with E-state index in [-0.39, 0.29) is 0 Å². The maximum Gasteiger partial charge on any atom is 0.198 e. The highest BCUT2D eigenvalue weighted by atomic mass is 33.1. The van der Waals surface area contributed by atoms with Crippen LogP contribution in [-0.2, 0) is 0 Å². The topological polar surface area (TPSA) is 51.6 Å². The lowest BCUT2D eigenvalue weighted by Gasteiger charge is -2.01. The van der Waals surface area contributed by atoms with E-state index < -0.39 is 0 Å². The van der Waals surface area contributed by atoms with E-state index >= 15 is 0 Å². The summed E-state index contributed by atoms with van der Waals surface area (Å²) < 4.78 is 0. The van der Waals surface area contributed by atoms with Crippen LogP contribution in [0.25, 0.3) is 0 Å². The Morgan fingerprint density at radius 3 is 1.41 bits per heavy atom. The van der Waals surface area contributed by atoms with E-state index in [0.717, 1.165) is 21.8 Å². The molecule has 0 saturated heterocycles. The molecule has 0 saturated carbocycles. The Morgan fingerprint density at radius 1 is 0.591 bits per heavy atom. The summed E-state index contributed by atoms with van der Waals surface area (Å²) in [4.78, 5) is 16.7. The fourth-order valence-corrected chi connectivity index (χ4v) is 5.31. The number of hydrogen-bond acceptors (Lipinski definition) is 8. The maximum absolute atomic E-state index is 4.19. The molecule has 0 unspecified atom stereocenters. The summed E-state index contributed by atoms with van der Waals surface area (Å²) in [5.74, 6) is 2.31. The van der Waals surface area contributed by atoms with Crippen molar-refractivity contribution in [3.05, 3.63) is 36.9 Å². The minimum Gasteiger partial charge on any atom is -0.230 e. The number of hydrogen-bond donors (Lipinski definition) is 0. The largest absolute Gasteiger partial charge is 0.230 e. The molecule has 0 bridgehead atoms. The Kier molecular flexibility index (Phi) is 9.80. The predicted octanol–water partition coefficient (Wildman–Crippen LogP) is 5.01. The van der Waals surface area contributed by atoms with Crippen LogP contribution in [0.1, 0.15) is 25.7 Å². The third kappa shape index (κ3) is 8.26. The Bertz CT molecular complexity index is 453. The first-order chi connectivity index (χ1) is 10.9. The van der Waals surface area contributed by atoms with Crippen molar-refractivity contribution in [3.63, 3.8) is 0 Å². The maximum atomic E-state index is 4.19. The second kappa shape index (κ2) is 12.0. The smallest absolute Gasteiger partial charge is 0.198 e. The summed E-state index contributed by atoms with van der Waals surface area (Å²) in [7, 11) is 7.00. The van der Waals surface area contributed by atoms with E-state index in [0.29, 0.717) is 0 Å². The summed E-state index contributed by atoms with van der Waals surface area (Å²) in [6.45, 7) is 0. The van der Waals surface area contributed by atoms with E-state index in [1.54, 1.807) is 46.4 Å². The number of unbranched alkanes of at least 4 members (excludes halogenated alkanes) is 3. The number of rotatable bonds is 11. The van der Waals surface area contributed by atoms with E-state index in [2.05, 4.69) is 19.9 Å². The molecule has 0 fully saturated rings. The molecular weight excluding hydrogens is 352 g/mol.